The molecular weight excluding hydrogens is 402 g/mol. The van der Waals surface area contributed by atoms with E-state index < -0.39 is 0 Å². The number of halogens is 1. The highest BCUT2D eigenvalue weighted by Gasteiger charge is 2.15. The van der Waals surface area contributed by atoms with Crippen molar-refractivity contribution in [2.45, 2.75) is 6.54 Å². The van der Waals surface area contributed by atoms with Crippen molar-refractivity contribution in [3.05, 3.63) is 85.8 Å². The maximum atomic E-state index is 12.8. The van der Waals surface area contributed by atoms with Crippen LogP contribution in [-0.4, -0.2) is 19.9 Å². The van der Waals surface area contributed by atoms with Gasteiger partial charge in [0.2, 0.25) is 0 Å². The number of carbonyl (C=O) groups excluding carboxylic acids is 1. The van der Waals surface area contributed by atoms with E-state index in [1.807, 2.05) is 18.2 Å². The van der Waals surface area contributed by atoms with E-state index in [1.54, 1.807) is 41.0 Å². The SMILES string of the molecule is O=C(Cn1cnc2c(sc(=S)n2-c2ccc(Cl)cc2)c1=O)c1ccccc1. The van der Waals surface area contributed by atoms with Gasteiger partial charge in [-0.25, -0.2) is 4.98 Å². The standard InChI is InChI=1S/C19H12ClN3O2S2/c20-13-6-8-14(9-7-13)23-17-16(27-19(23)26)18(25)22(11-21-17)10-15(24)12-4-2-1-3-5-12/h1-9,11H,10H2. The van der Waals surface area contributed by atoms with Crippen LogP contribution in [0.4, 0.5) is 0 Å². The Morgan fingerprint density at radius 3 is 2.52 bits per heavy atom. The lowest BCUT2D eigenvalue weighted by molar-refractivity contribution is 0.0970. The third kappa shape index (κ3) is 3.37. The molecule has 0 saturated heterocycles. The Labute approximate surface area is 168 Å². The van der Waals surface area contributed by atoms with Crippen LogP contribution in [0.25, 0.3) is 16.0 Å². The van der Waals surface area contributed by atoms with E-state index in [-0.39, 0.29) is 17.9 Å². The fourth-order valence-electron chi connectivity index (χ4n) is 2.73. The molecule has 0 unspecified atom stereocenters. The summed E-state index contributed by atoms with van der Waals surface area (Å²) in [6.45, 7) is -0.0720. The first-order valence-electron chi connectivity index (χ1n) is 8.00. The molecule has 0 fully saturated rings. The predicted molar refractivity (Wildman–Crippen MR) is 110 cm³/mol. The molecule has 0 radical (unpaired) electrons. The fourth-order valence-corrected chi connectivity index (χ4v) is 4.20. The number of carbonyl (C=O) groups is 1. The maximum absolute atomic E-state index is 12.8. The molecule has 2 aromatic carbocycles. The van der Waals surface area contributed by atoms with Gasteiger partial charge in [-0.05, 0) is 36.5 Å². The highest BCUT2D eigenvalue weighted by molar-refractivity contribution is 7.73. The zero-order valence-electron chi connectivity index (χ0n) is 13.8. The minimum absolute atomic E-state index is 0.0720. The molecule has 4 rings (SSSR count). The molecular formula is C19H12ClN3O2S2. The molecule has 27 heavy (non-hydrogen) atoms. The van der Waals surface area contributed by atoms with Crippen LogP contribution >= 0.6 is 35.2 Å². The second-order valence-corrected chi connectivity index (χ2v) is 7.88. The van der Waals surface area contributed by atoms with E-state index in [1.165, 1.54) is 22.2 Å². The highest BCUT2D eigenvalue weighted by atomic mass is 35.5. The molecule has 0 aliphatic carbocycles. The molecule has 8 heteroatoms. The second kappa shape index (κ2) is 7.19. The van der Waals surface area contributed by atoms with Gasteiger partial charge in [0.15, 0.2) is 15.4 Å². The topological polar surface area (TPSA) is 56.9 Å². The Morgan fingerprint density at radius 1 is 1.11 bits per heavy atom. The van der Waals surface area contributed by atoms with Crippen LogP contribution in [0.3, 0.4) is 0 Å². The summed E-state index contributed by atoms with van der Waals surface area (Å²) in [5, 5.41) is 0.611. The molecule has 134 valence electrons. The Hall–Kier alpha value is -2.61. The fraction of sp³-hybridized carbons (Fsp3) is 0.0526. The first-order valence-corrected chi connectivity index (χ1v) is 9.60. The van der Waals surface area contributed by atoms with Crippen molar-refractivity contribution in [1.82, 2.24) is 14.1 Å². The maximum Gasteiger partial charge on any atom is 0.273 e. The number of hydrogen-bond donors (Lipinski definition) is 0. The number of benzene rings is 2. The van der Waals surface area contributed by atoms with Crippen molar-refractivity contribution in [2.24, 2.45) is 0 Å². The Balaban J connectivity index is 1.78. The van der Waals surface area contributed by atoms with Crippen molar-refractivity contribution in [2.75, 3.05) is 0 Å². The summed E-state index contributed by atoms with van der Waals surface area (Å²) in [5.41, 5.74) is 1.52. The van der Waals surface area contributed by atoms with Gasteiger partial charge in [-0.3, -0.25) is 18.7 Å². The minimum Gasteiger partial charge on any atom is -0.292 e. The van der Waals surface area contributed by atoms with Crippen LogP contribution in [0.1, 0.15) is 10.4 Å². The zero-order chi connectivity index (χ0) is 19.0. The van der Waals surface area contributed by atoms with Crippen LogP contribution in [0.5, 0.6) is 0 Å². The van der Waals surface area contributed by atoms with Gasteiger partial charge in [0, 0.05) is 16.3 Å². The second-order valence-electron chi connectivity index (χ2n) is 5.80. The average Bonchev–Trinajstić information content (AvgIpc) is 3.02. The first-order chi connectivity index (χ1) is 13.0. The monoisotopic (exact) mass is 413 g/mol. The first kappa shape index (κ1) is 17.8. The van der Waals surface area contributed by atoms with Crippen molar-refractivity contribution >= 4 is 51.3 Å². The molecule has 0 bridgehead atoms. The molecule has 0 saturated carbocycles. The van der Waals surface area contributed by atoms with Crippen LogP contribution in [0.2, 0.25) is 5.02 Å². The summed E-state index contributed by atoms with van der Waals surface area (Å²) in [6, 6.07) is 16.0. The number of thiazole rings is 1. The quantitative estimate of drug-likeness (QED) is 0.364. The largest absolute Gasteiger partial charge is 0.292 e. The molecule has 0 spiro atoms. The number of aromatic nitrogens is 3. The Morgan fingerprint density at radius 2 is 1.81 bits per heavy atom. The van der Waals surface area contributed by atoms with E-state index in [9.17, 15) is 9.59 Å². The molecule has 0 atom stereocenters. The molecule has 0 N–H and O–H groups in total. The van der Waals surface area contributed by atoms with E-state index in [0.29, 0.717) is 24.9 Å². The van der Waals surface area contributed by atoms with Gasteiger partial charge in [0.1, 0.15) is 11.0 Å². The molecule has 2 heterocycles. The summed E-state index contributed by atoms with van der Waals surface area (Å²) >= 11 is 12.6. The Kier molecular flexibility index (Phi) is 4.73. The lowest BCUT2D eigenvalue weighted by atomic mass is 10.1. The third-order valence-corrected chi connectivity index (χ3v) is 5.66. The van der Waals surface area contributed by atoms with Gasteiger partial charge in [0.05, 0.1) is 6.54 Å². The minimum atomic E-state index is -0.284. The van der Waals surface area contributed by atoms with Crippen molar-refractivity contribution < 1.29 is 4.79 Å². The summed E-state index contributed by atoms with van der Waals surface area (Å²) in [4.78, 5) is 29.6. The van der Waals surface area contributed by atoms with Gasteiger partial charge < -0.3 is 0 Å². The van der Waals surface area contributed by atoms with E-state index >= 15 is 0 Å². The van der Waals surface area contributed by atoms with Gasteiger partial charge >= 0.3 is 0 Å². The number of ketones is 1. The van der Waals surface area contributed by atoms with Crippen LogP contribution in [-0.2, 0) is 6.54 Å². The van der Waals surface area contributed by atoms with Crippen molar-refractivity contribution in [1.29, 1.82) is 0 Å². The smallest absolute Gasteiger partial charge is 0.273 e. The van der Waals surface area contributed by atoms with Gasteiger partial charge in [-0.1, -0.05) is 53.3 Å². The highest BCUT2D eigenvalue weighted by Crippen LogP contribution is 2.23. The molecule has 5 nitrogen and oxygen atoms in total. The van der Waals surface area contributed by atoms with Gasteiger partial charge in [-0.2, -0.15) is 0 Å². The zero-order valence-corrected chi connectivity index (χ0v) is 16.2. The lowest BCUT2D eigenvalue weighted by Gasteiger charge is -2.07. The van der Waals surface area contributed by atoms with Crippen molar-refractivity contribution in [3.63, 3.8) is 0 Å². The van der Waals surface area contributed by atoms with E-state index in [0.717, 1.165) is 5.69 Å². The number of Topliss-reactive ketones (excluding diaryl/α,β-unsaturated/α-hetero) is 1. The predicted octanol–water partition coefficient (Wildman–Crippen LogP) is 4.51. The third-order valence-electron chi connectivity index (χ3n) is 4.06. The molecule has 0 aliphatic heterocycles. The molecule has 0 aliphatic rings. The van der Waals surface area contributed by atoms with E-state index in [2.05, 4.69) is 4.98 Å². The normalized spacial score (nSPS) is 11.0. The summed E-state index contributed by atoms with van der Waals surface area (Å²) in [7, 11) is 0. The van der Waals surface area contributed by atoms with Crippen LogP contribution < -0.4 is 5.56 Å². The summed E-state index contributed by atoms with van der Waals surface area (Å²) in [6.07, 6.45) is 1.39. The van der Waals surface area contributed by atoms with Gasteiger partial charge in [0.25, 0.3) is 5.56 Å². The molecule has 0 amide bonds. The molecule has 2 aromatic heterocycles. The average molecular weight is 414 g/mol. The summed E-state index contributed by atoms with van der Waals surface area (Å²) in [5.74, 6) is -0.153. The summed E-state index contributed by atoms with van der Waals surface area (Å²) < 4.78 is 3.97. The van der Waals surface area contributed by atoms with Crippen molar-refractivity contribution in [3.8, 4) is 5.69 Å². The molecule has 4 aromatic rings. The van der Waals surface area contributed by atoms with Gasteiger partial charge in [-0.15, -0.1) is 0 Å². The lowest BCUT2D eigenvalue weighted by Crippen LogP contribution is -2.24. The van der Waals surface area contributed by atoms with Crippen LogP contribution in [0.15, 0.2) is 65.7 Å². The Bertz CT molecular complexity index is 1260. The van der Waals surface area contributed by atoms with E-state index in [4.69, 9.17) is 23.8 Å². The number of rotatable bonds is 4. The number of fused-ring (bicyclic) bond motifs is 1. The van der Waals surface area contributed by atoms with Crippen LogP contribution in [0, 0.1) is 3.95 Å². The number of hydrogen-bond acceptors (Lipinski definition) is 5. The number of nitrogens with zero attached hydrogens (tertiary/aromatic N) is 3.